The zero-order chi connectivity index (χ0) is 10.4. The van der Waals surface area contributed by atoms with Crippen molar-refractivity contribution in [2.24, 2.45) is 5.92 Å². The maximum absolute atomic E-state index is 8.61. The lowest BCUT2D eigenvalue weighted by molar-refractivity contribution is 0.0631. The van der Waals surface area contributed by atoms with Crippen molar-refractivity contribution >= 4 is 0 Å². The molecule has 80 valence electrons. The van der Waals surface area contributed by atoms with Gasteiger partial charge >= 0.3 is 0 Å². The standard InChI is InChI=1S/C9H15N3.C2H6/c10-5-8-6-12(7-8)9-1-3-11-4-2-9;1-2/h8-9,11H,1-4,6-7H2;1-2H3. The summed E-state index contributed by atoms with van der Waals surface area (Å²) >= 11 is 0. The summed E-state index contributed by atoms with van der Waals surface area (Å²) in [6, 6.07) is 3.07. The summed E-state index contributed by atoms with van der Waals surface area (Å²) in [5.41, 5.74) is 0. The molecule has 2 fully saturated rings. The highest BCUT2D eigenvalue weighted by Crippen LogP contribution is 2.22. The number of hydrogen-bond acceptors (Lipinski definition) is 3. The first kappa shape index (κ1) is 11.5. The Morgan fingerprint density at radius 2 is 1.79 bits per heavy atom. The van der Waals surface area contributed by atoms with Gasteiger partial charge in [0.25, 0.3) is 0 Å². The minimum atomic E-state index is 0.319. The number of rotatable bonds is 1. The highest BCUT2D eigenvalue weighted by molar-refractivity contribution is 4.97. The highest BCUT2D eigenvalue weighted by Gasteiger charge is 2.32. The zero-order valence-electron chi connectivity index (χ0n) is 9.29. The van der Waals surface area contributed by atoms with E-state index in [0.717, 1.165) is 32.2 Å². The van der Waals surface area contributed by atoms with Crippen molar-refractivity contribution in [1.29, 1.82) is 5.26 Å². The van der Waals surface area contributed by atoms with Crippen molar-refractivity contribution in [3.63, 3.8) is 0 Å². The average molecular weight is 195 g/mol. The number of nitrogens with one attached hydrogen (secondary N) is 1. The lowest BCUT2D eigenvalue weighted by atomic mass is 9.95. The van der Waals surface area contributed by atoms with Crippen LogP contribution in [0.2, 0.25) is 0 Å². The zero-order valence-corrected chi connectivity index (χ0v) is 9.29. The largest absolute Gasteiger partial charge is 0.317 e. The first-order valence-electron chi connectivity index (χ1n) is 5.74. The van der Waals surface area contributed by atoms with E-state index in [1.54, 1.807) is 0 Å². The van der Waals surface area contributed by atoms with Gasteiger partial charge in [-0.25, -0.2) is 0 Å². The van der Waals surface area contributed by atoms with Crippen LogP contribution in [-0.4, -0.2) is 37.1 Å². The Morgan fingerprint density at radius 3 is 2.29 bits per heavy atom. The van der Waals surface area contributed by atoms with E-state index in [4.69, 9.17) is 5.26 Å². The van der Waals surface area contributed by atoms with Gasteiger partial charge in [-0.3, -0.25) is 4.90 Å². The molecule has 2 heterocycles. The van der Waals surface area contributed by atoms with E-state index in [2.05, 4.69) is 16.3 Å². The number of piperidine rings is 1. The lowest BCUT2D eigenvalue weighted by Crippen LogP contribution is -2.54. The first-order chi connectivity index (χ1) is 6.90. The van der Waals surface area contributed by atoms with Crippen LogP contribution in [0, 0.1) is 17.2 Å². The molecule has 0 radical (unpaired) electrons. The highest BCUT2D eigenvalue weighted by atomic mass is 15.2. The van der Waals surface area contributed by atoms with Crippen LogP contribution in [-0.2, 0) is 0 Å². The molecule has 0 amide bonds. The third-order valence-electron chi connectivity index (χ3n) is 2.92. The third kappa shape index (κ3) is 2.70. The van der Waals surface area contributed by atoms with Gasteiger partial charge in [0.15, 0.2) is 0 Å². The molecule has 0 saturated carbocycles. The van der Waals surface area contributed by atoms with Crippen LogP contribution in [0.4, 0.5) is 0 Å². The molecule has 0 atom stereocenters. The molecular weight excluding hydrogens is 174 g/mol. The molecule has 0 aromatic rings. The molecule has 2 saturated heterocycles. The van der Waals surface area contributed by atoms with Gasteiger partial charge in [-0.1, -0.05) is 13.8 Å². The predicted molar refractivity (Wildman–Crippen MR) is 57.9 cm³/mol. The van der Waals surface area contributed by atoms with Crippen molar-refractivity contribution in [1.82, 2.24) is 10.2 Å². The minimum absolute atomic E-state index is 0.319. The van der Waals surface area contributed by atoms with E-state index in [-0.39, 0.29) is 0 Å². The predicted octanol–water partition coefficient (Wildman–Crippen LogP) is 1.22. The van der Waals surface area contributed by atoms with Gasteiger partial charge < -0.3 is 5.32 Å². The molecule has 2 rings (SSSR count). The molecule has 2 aliphatic rings. The maximum atomic E-state index is 8.61. The smallest absolute Gasteiger partial charge is 0.0717 e. The Balaban J connectivity index is 0.000000461. The van der Waals surface area contributed by atoms with E-state index in [9.17, 15) is 0 Å². The van der Waals surface area contributed by atoms with Gasteiger partial charge in [0.05, 0.1) is 12.0 Å². The van der Waals surface area contributed by atoms with Crippen molar-refractivity contribution < 1.29 is 0 Å². The Morgan fingerprint density at radius 1 is 1.21 bits per heavy atom. The van der Waals surface area contributed by atoms with E-state index >= 15 is 0 Å². The Kier molecular flexibility index (Phi) is 4.92. The third-order valence-corrected chi connectivity index (χ3v) is 2.92. The van der Waals surface area contributed by atoms with Crippen LogP contribution in [0.5, 0.6) is 0 Å². The lowest BCUT2D eigenvalue weighted by Gasteiger charge is -2.43. The van der Waals surface area contributed by atoms with Gasteiger partial charge in [-0.2, -0.15) is 5.26 Å². The molecule has 0 aromatic heterocycles. The summed E-state index contributed by atoms with van der Waals surface area (Å²) in [4.78, 5) is 2.45. The molecule has 3 heteroatoms. The van der Waals surface area contributed by atoms with Crippen LogP contribution >= 0.6 is 0 Å². The van der Waals surface area contributed by atoms with Crippen LogP contribution in [0.3, 0.4) is 0 Å². The fourth-order valence-corrected chi connectivity index (χ4v) is 2.06. The summed E-state index contributed by atoms with van der Waals surface area (Å²) in [5.74, 6) is 0.319. The van der Waals surface area contributed by atoms with Crippen molar-refractivity contribution in [2.45, 2.75) is 32.7 Å². The van der Waals surface area contributed by atoms with Crippen LogP contribution < -0.4 is 5.32 Å². The molecule has 1 N–H and O–H groups in total. The fraction of sp³-hybridized carbons (Fsp3) is 0.909. The van der Waals surface area contributed by atoms with Crippen LogP contribution in [0.15, 0.2) is 0 Å². The summed E-state index contributed by atoms with van der Waals surface area (Å²) in [6.45, 7) is 8.33. The normalized spacial score (nSPS) is 24.4. The number of nitriles is 1. The first-order valence-corrected chi connectivity index (χ1v) is 5.74. The molecule has 14 heavy (non-hydrogen) atoms. The van der Waals surface area contributed by atoms with E-state index in [1.165, 1.54) is 12.8 Å². The maximum Gasteiger partial charge on any atom is 0.0717 e. The van der Waals surface area contributed by atoms with Gasteiger partial charge in [-0.15, -0.1) is 0 Å². The van der Waals surface area contributed by atoms with E-state index in [1.807, 2.05) is 13.8 Å². The van der Waals surface area contributed by atoms with Gasteiger partial charge in [-0.05, 0) is 25.9 Å². The molecule has 0 unspecified atom stereocenters. The Hall–Kier alpha value is -0.590. The van der Waals surface area contributed by atoms with Crippen LogP contribution in [0.25, 0.3) is 0 Å². The summed E-state index contributed by atoms with van der Waals surface area (Å²) in [5, 5.41) is 12.0. The molecule has 0 spiro atoms. The fourth-order valence-electron chi connectivity index (χ4n) is 2.06. The average Bonchev–Trinajstić information content (AvgIpc) is 2.21. The second-order valence-corrected chi connectivity index (χ2v) is 3.76. The van der Waals surface area contributed by atoms with E-state index in [0.29, 0.717) is 5.92 Å². The Labute approximate surface area is 87.1 Å². The number of hydrogen-bond donors (Lipinski definition) is 1. The van der Waals surface area contributed by atoms with E-state index < -0.39 is 0 Å². The summed E-state index contributed by atoms with van der Waals surface area (Å²) in [7, 11) is 0. The second-order valence-electron chi connectivity index (χ2n) is 3.76. The molecular formula is C11H21N3. The quantitative estimate of drug-likeness (QED) is 0.684. The van der Waals surface area contributed by atoms with Crippen molar-refractivity contribution in [3.05, 3.63) is 0 Å². The van der Waals surface area contributed by atoms with Gasteiger partial charge in [0.1, 0.15) is 0 Å². The van der Waals surface area contributed by atoms with Crippen molar-refractivity contribution in [2.75, 3.05) is 26.2 Å². The molecule has 0 aromatic carbocycles. The molecule has 3 nitrogen and oxygen atoms in total. The SMILES string of the molecule is CC.N#CC1CN(C2CCNCC2)C1. The summed E-state index contributed by atoms with van der Waals surface area (Å²) in [6.07, 6.45) is 2.52. The van der Waals surface area contributed by atoms with Crippen molar-refractivity contribution in [3.8, 4) is 6.07 Å². The van der Waals surface area contributed by atoms with Gasteiger partial charge in [0.2, 0.25) is 0 Å². The summed E-state index contributed by atoms with van der Waals surface area (Å²) < 4.78 is 0. The Bertz CT molecular complexity index is 185. The molecule has 0 aliphatic carbocycles. The topological polar surface area (TPSA) is 39.1 Å². The number of nitrogens with zero attached hydrogens (tertiary/aromatic N) is 2. The second kappa shape index (κ2) is 6.00. The molecule has 0 bridgehead atoms. The van der Waals surface area contributed by atoms with Crippen LogP contribution in [0.1, 0.15) is 26.7 Å². The monoisotopic (exact) mass is 195 g/mol. The van der Waals surface area contributed by atoms with Gasteiger partial charge in [0, 0.05) is 19.1 Å². The molecule has 2 aliphatic heterocycles. The minimum Gasteiger partial charge on any atom is -0.317 e. The number of likely N-dealkylation sites (tertiary alicyclic amines) is 1.